The van der Waals surface area contributed by atoms with Crippen molar-refractivity contribution in [1.29, 1.82) is 0 Å². The molecule has 0 radical (unpaired) electrons. The van der Waals surface area contributed by atoms with Crippen LogP contribution in [0.5, 0.6) is 5.75 Å². The second-order valence-corrected chi connectivity index (χ2v) is 7.46. The van der Waals surface area contributed by atoms with Gasteiger partial charge in [0.25, 0.3) is 0 Å². The van der Waals surface area contributed by atoms with Crippen molar-refractivity contribution in [2.75, 3.05) is 6.61 Å². The number of hydrogen-bond acceptors (Lipinski definition) is 3. The molecule has 0 aromatic heterocycles. The Morgan fingerprint density at radius 2 is 2.07 bits per heavy atom. The van der Waals surface area contributed by atoms with Crippen molar-refractivity contribution in [2.24, 2.45) is 0 Å². The molecule has 0 saturated carbocycles. The molecule has 0 amide bonds. The highest BCUT2D eigenvalue weighted by atomic mass is 35.7. The minimum Gasteiger partial charge on any atom is -0.431 e. The van der Waals surface area contributed by atoms with Crippen molar-refractivity contribution in [3.63, 3.8) is 0 Å². The summed E-state index contributed by atoms with van der Waals surface area (Å²) in [6.07, 6.45) is 0. The molecular weight excluding hydrogens is 262 g/mol. The molecule has 0 bridgehead atoms. The highest BCUT2D eigenvalue weighted by Crippen LogP contribution is 2.54. The van der Waals surface area contributed by atoms with E-state index in [0.717, 1.165) is 0 Å². The van der Waals surface area contributed by atoms with Crippen LogP contribution in [0.2, 0.25) is 5.02 Å². The van der Waals surface area contributed by atoms with Crippen LogP contribution in [-0.4, -0.2) is 6.61 Å². The molecule has 0 heterocycles. The molecule has 0 N–H and O–H groups in total. The summed E-state index contributed by atoms with van der Waals surface area (Å²) in [5.41, 5.74) is 0. The van der Waals surface area contributed by atoms with E-state index in [1.165, 1.54) is 0 Å². The van der Waals surface area contributed by atoms with Gasteiger partial charge < -0.3 is 9.05 Å². The van der Waals surface area contributed by atoms with Crippen LogP contribution in [0, 0.1) is 0 Å². The lowest BCUT2D eigenvalue weighted by Crippen LogP contribution is -1.92. The smallest absolute Gasteiger partial charge is 0.332 e. The third-order valence-corrected chi connectivity index (χ3v) is 3.66. The maximum absolute atomic E-state index is 5.87. The van der Waals surface area contributed by atoms with E-state index in [4.69, 9.17) is 43.7 Å². The average molecular weight is 271 g/mol. The maximum Gasteiger partial charge on any atom is 0.332 e. The molecule has 0 saturated heterocycles. The summed E-state index contributed by atoms with van der Waals surface area (Å²) in [6, 6.07) is 6.99. The Bertz CT molecular complexity index is 359. The SMILES string of the molecule is CCOP(=S)(Cl)Oc1ccccc1Cl. The molecule has 14 heavy (non-hydrogen) atoms. The van der Waals surface area contributed by atoms with Crippen molar-refractivity contribution in [3.8, 4) is 5.75 Å². The minimum atomic E-state index is -2.72. The van der Waals surface area contributed by atoms with Crippen LogP contribution < -0.4 is 4.52 Å². The maximum atomic E-state index is 5.87. The molecule has 78 valence electrons. The zero-order valence-electron chi connectivity index (χ0n) is 7.44. The number of rotatable bonds is 4. The Morgan fingerprint density at radius 3 is 2.64 bits per heavy atom. The molecule has 1 rings (SSSR count). The summed E-state index contributed by atoms with van der Waals surface area (Å²) >= 11 is 16.7. The van der Waals surface area contributed by atoms with E-state index in [2.05, 4.69) is 0 Å². The first-order valence-corrected chi connectivity index (χ1v) is 7.85. The first-order valence-electron chi connectivity index (χ1n) is 3.93. The van der Waals surface area contributed by atoms with E-state index >= 15 is 0 Å². The van der Waals surface area contributed by atoms with Gasteiger partial charge >= 0.3 is 5.84 Å². The van der Waals surface area contributed by atoms with Crippen LogP contribution in [0.25, 0.3) is 0 Å². The molecule has 6 heteroatoms. The van der Waals surface area contributed by atoms with Crippen molar-refractivity contribution in [1.82, 2.24) is 0 Å². The van der Waals surface area contributed by atoms with E-state index in [0.29, 0.717) is 17.4 Å². The van der Waals surface area contributed by atoms with Crippen molar-refractivity contribution >= 4 is 40.5 Å². The van der Waals surface area contributed by atoms with Gasteiger partial charge in [-0.1, -0.05) is 23.7 Å². The van der Waals surface area contributed by atoms with Crippen molar-refractivity contribution < 1.29 is 9.05 Å². The Labute approximate surface area is 98.1 Å². The summed E-state index contributed by atoms with van der Waals surface area (Å²) in [7, 11) is 0. The molecule has 1 aromatic rings. The number of benzene rings is 1. The van der Waals surface area contributed by atoms with Gasteiger partial charge in [0.2, 0.25) is 0 Å². The van der Waals surface area contributed by atoms with E-state index in [-0.39, 0.29) is 0 Å². The Hall–Kier alpha value is 0.210. The fourth-order valence-electron chi connectivity index (χ4n) is 0.817. The van der Waals surface area contributed by atoms with Gasteiger partial charge in [-0.2, -0.15) is 0 Å². The monoisotopic (exact) mass is 270 g/mol. The van der Waals surface area contributed by atoms with Gasteiger partial charge in [-0.05, 0) is 42.1 Å². The number of halogens is 2. The van der Waals surface area contributed by atoms with Crippen LogP contribution >= 0.6 is 28.7 Å². The van der Waals surface area contributed by atoms with E-state index in [1.54, 1.807) is 31.2 Å². The first kappa shape index (κ1) is 12.3. The lowest BCUT2D eigenvalue weighted by molar-refractivity contribution is 0.343. The third kappa shape index (κ3) is 3.76. The summed E-state index contributed by atoms with van der Waals surface area (Å²) in [5, 5.41) is 0.474. The Kier molecular flexibility index (Phi) is 4.68. The van der Waals surface area contributed by atoms with Gasteiger partial charge in [0, 0.05) is 0 Å². The van der Waals surface area contributed by atoms with E-state index in [9.17, 15) is 0 Å². The summed E-state index contributed by atoms with van der Waals surface area (Å²) in [4.78, 5) is 0. The normalized spacial score (nSPS) is 14.8. The second-order valence-electron chi connectivity index (χ2n) is 2.37. The molecule has 1 aromatic carbocycles. The van der Waals surface area contributed by atoms with E-state index in [1.807, 2.05) is 0 Å². The summed E-state index contributed by atoms with van der Waals surface area (Å²) in [5.74, 6) is -2.26. The van der Waals surface area contributed by atoms with E-state index < -0.39 is 5.84 Å². The van der Waals surface area contributed by atoms with Crippen LogP contribution in [0.3, 0.4) is 0 Å². The lowest BCUT2D eigenvalue weighted by Gasteiger charge is -2.15. The fourth-order valence-corrected chi connectivity index (χ4v) is 2.87. The largest absolute Gasteiger partial charge is 0.431 e. The van der Waals surface area contributed by atoms with Crippen LogP contribution in [0.15, 0.2) is 24.3 Å². The van der Waals surface area contributed by atoms with Gasteiger partial charge in [-0.15, -0.1) is 0 Å². The van der Waals surface area contributed by atoms with Gasteiger partial charge in [-0.25, -0.2) is 0 Å². The van der Waals surface area contributed by atoms with Gasteiger partial charge in [0.1, 0.15) is 5.75 Å². The quantitative estimate of drug-likeness (QED) is 0.764. The molecule has 1 unspecified atom stereocenters. The fraction of sp³-hybridized carbons (Fsp3) is 0.250. The Morgan fingerprint density at radius 1 is 1.43 bits per heavy atom. The minimum absolute atomic E-state index is 0.422. The topological polar surface area (TPSA) is 18.5 Å². The third-order valence-electron chi connectivity index (χ3n) is 1.33. The Balaban J connectivity index is 2.78. The van der Waals surface area contributed by atoms with Crippen LogP contribution in [-0.2, 0) is 16.3 Å². The first-order chi connectivity index (χ1) is 6.55. The predicted molar refractivity (Wildman–Crippen MR) is 63.8 cm³/mol. The zero-order chi connectivity index (χ0) is 10.6. The summed E-state index contributed by atoms with van der Waals surface area (Å²) < 4.78 is 10.4. The molecule has 1 atom stereocenters. The van der Waals surface area contributed by atoms with Crippen molar-refractivity contribution in [2.45, 2.75) is 6.92 Å². The van der Waals surface area contributed by atoms with Gasteiger partial charge in [-0.3, -0.25) is 0 Å². The zero-order valence-corrected chi connectivity index (χ0v) is 10.7. The second kappa shape index (κ2) is 5.34. The van der Waals surface area contributed by atoms with Crippen LogP contribution in [0.4, 0.5) is 0 Å². The van der Waals surface area contributed by atoms with Gasteiger partial charge in [0.15, 0.2) is 0 Å². The standard InChI is InChI=1S/C8H9Cl2O2PS/c1-2-11-13(10,14)12-8-6-4-3-5-7(8)9/h3-6H,2H2,1H3. The molecule has 0 aliphatic carbocycles. The van der Waals surface area contributed by atoms with Crippen LogP contribution in [0.1, 0.15) is 6.92 Å². The molecule has 0 spiro atoms. The highest BCUT2D eigenvalue weighted by molar-refractivity contribution is 8.22. The number of hydrogen-bond donors (Lipinski definition) is 0. The molecule has 0 aliphatic rings. The van der Waals surface area contributed by atoms with Gasteiger partial charge in [0.05, 0.1) is 11.6 Å². The highest BCUT2D eigenvalue weighted by Gasteiger charge is 2.17. The molecule has 0 fully saturated rings. The predicted octanol–water partition coefficient (Wildman–Crippen LogP) is 4.22. The lowest BCUT2D eigenvalue weighted by atomic mass is 10.3. The molecule has 0 aliphatic heterocycles. The summed E-state index contributed by atoms with van der Waals surface area (Å²) in [6.45, 7) is 2.23. The molecule has 2 nitrogen and oxygen atoms in total. The molecular formula is C8H9Cl2O2PS. The van der Waals surface area contributed by atoms with Crippen molar-refractivity contribution in [3.05, 3.63) is 29.3 Å². The number of para-hydroxylation sites is 1. The average Bonchev–Trinajstić information content (AvgIpc) is 2.08.